The number of aromatic amines is 1. The Morgan fingerprint density at radius 2 is 1.72 bits per heavy atom. The number of ether oxygens (including phenoxy) is 2. The van der Waals surface area contributed by atoms with Gasteiger partial charge in [0, 0.05) is 41.4 Å². The molecule has 2 aromatic heterocycles. The van der Waals surface area contributed by atoms with Gasteiger partial charge in [0.25, 0.3) is 0 Å². The normalized spacial score (nSPS) is 16.5. The van der Waals surface area contributed by atoms with Crippen LogP contribution in [0.1, 0.15) is 42.9 Å². The summed E-state index contributed by atoms with van der Waals surface area (Å²) in [7, 11) is 0. The number of anilines is 1. The van der Waals surface area contributed by atoms with E-state index in [0.29, 0.717) is 22.8 Å². The molecule has 9 nitrogen and oxygen atoms in total. The Kier molecular flexibility index (Phi) is 6.63. The van der Waals surface area contributed by atoms with E-state index >= 15 is 0 Å². The van der Waals surface area contributed by atoms with Crippen LogP contribution in [-0.2, 0) is 11.3 Å². The van der Waals surface area contributed by atoms with Crippen molar-refractivity contribution in [3.8, 4) is 28.4 Å². The van der Waals surface area contributed by atoms with Crippen molar-refractivity contribution >= 4 is 5.69 Å². The first-order chi connectivity index (χ1) is 18.8. The minimum atomic E-state index is -4.82. The van der Waals surface area contributed by atoms with Crippen LogP contribution in [0.25, 0.3) is 22.6 Å². The van der Waals surface area contributed by atoms with Crippen molar-refractivity contribution in [1.29, 1.82) is 0 Å². The lowest BCUT2D eigenvalue weighted by molar-refractivity contribution is -0.274. The highest BCUT2D eigenvalue weighted by molar-refractivity contribution is 5.70. The molecule has 1 N–H and O–H groups in total. The summed E-state index contributed by atoms with van der Waals surface area (Å²) >= 11 is 0. The highest BCUT2D eigenvalue weighted by Gasteiger charge is 2.36. The van der Waals surface area contributed by atoms with Gasteiger partial charge >= 0.3 is 12.1 Å². The number of hydrogen-bond acceptors (Lipinski definition) is 8. The highest BCUT2D eigenvalue weighted by Crippen LogP contribution is 2.45. The van der Waals surface area contributed by atoms with Crippen LogP contribution in [0.4, 0.5) is 18.9 Å². The Hall–Kier alpha value is -4.06. The summed E-state index contributed by atoms with van der Waals surface area (Å²) in [5.74, 6) is 0.344. The Bertz CT molecular complexity index is 1480. The molecule has 1 aliphatic carbocycles. The van der Waals surface area contributed by atoms with E-state index in [1.54, 1.807) is 12.1 Å². The summed E-state index contributed by atoms with van der Waals surface area (Å²) in [6.07, 6.45) is -1.37. The molecule has 1 saturated heterocycles. The van der Waals surface area contributed by atoms with Crippen LogP contribution in [0.15, 0.2) is 62.4 Å². The van der Waals surface area contributed by atoms with Crippen LogP contribution in [-0.4, -0.2) is 40.9 Å². The maximum Gasteiger partial charge on any atom is 0.573 e. The largest absolute Gasteiger partial charge is 0.573 e. The van der Waals surface area contributed by atoms with Crippen molar-refractivity contribution in [2.24, 2.45) is 0 Å². The fourth-order valence-corrected chi connectivity index (χ4v) is 4.88. The van der Waals surface area contributed by atoms with Crippen LogP contribution in [0.5, 0.6) is 5.75 Å². The zero-order chi connectivity index (χ0) is 27.0. The van der Waals surface area contributed by atoms with Gasteiger partial charge in [-0.1, -0.05) is 22.4 Å². The molecule has 204 valence electrons. The average Bonchev–Trinajstić information content (AvgIpc) is 3.54. The van der Waals surface area contributed by atoms with Gasteiger partial charge in [0.15, 0.2) is 5.82 Å². The molecule has 0 atom stereocenters. The van der Waals surface area contributed by atoms with E-state index in [-0.39, 0.29) is 29.9 Å². The topological polar surface area (TPSA) is 107 Å². The molecule has 1 aliphatic heterocycles. The molecule has 0 unspecified atom stereocenters. The summed E-state index contributed by atoms with van der Waals surface area (Å²) in [5, 5.41) is 7.85. The second-order valence-corrected chi connectivity index (χ2v) is 9.68. The minimum absolute atomic E-state index is 0.0165. The van der Waals surface area contributed by atoms with Gasteiger partial charge < -0.3 is 18.9 Å². The lowest BCUT2D eigenvalue weighted by Crippen LogP contribution is -2.37. The third-order valence-corrected chi connectivity index (χ3v) is 6.99. The van der Waals surface area contributed by atoms with E-state index in [2.05, 4.69) is 29.5 Å². The molecule has 3 heterocycles. The number of halogens is 3. The maximum atomic E-state index is 13.0. The zero-order valence-electron chi connectivity index (χ0n) is 20.7. The number of hydrogen-bond donors (Lipinski definition) is 1. The van der Waals surface area contributed by atoms with Crippen molar-refractivity contribution in [2.75, 3.05) is 18.0 Å². The summed E-state index contributed by atoms with van der Waals surface area (Å²) in [4.78, 5) is 16.0. The molecule has 0 radical (unpaired) electrons. The molecule has 39 heavy (non-hydrogen) atoms. The number of benzene rings is 2. The van der Waals surface area contributed by atoms with Crippen molar-refractivity contribution in [3.63, 3.8) is 0 Å². The second kappa shape index (κ2) is 10.3. The van der Waals surface area contributed by atoms with Gasteiger partial charge in [0.1, 0.15) is 17.2 Å². The minimum Gasteiger partial charge on any atom is -0.405 e. The van der Waals surface area contributed by atoms with E-state index in [9.17, 15) is 18.0 Å². The first-order valence-electron chi connectivity index (χ1n) is 12.7. The molecule has 1 saturated carbocycles. The van der Waals surface area contributed by atoms with Crippen LogP contribution < -0.4 is 15.4 Å². The number of rotatable bonds is 8. The smallest absolute Gasteiger partial charge is 0.405 e. The molecule has 2 aromatic carbocycles. The van der Waals surface area contributed by atoms with Gasteiger partial charge in [-0.05, 0) is 62.1 Å². The first-order valence-corrected chi connectivity index (χ1v) is 12.7. The van der Waals surface area contributed by atoms with Crippen molar-refractivity contribution in [3.05, 3.63) is 70.4 Å². The molecule has 0 spiro atoms. The van der Waals surface area contributed by atoms with Gasteiger partial charge in [0.05, 0.1) is 12.7 Å². The van der Waals surface area contributed by atoms with Gasteiger partial charge in [-0.3, -0.25) is 9.51 Å². The third kappa shape index (κ3) is 5.70. The second-order valence-electron chi connectivity index (χ2n) is 9.68. The number of nitrogens with zero attached hydrogens (tertiary/aromatic N) is 3. The molecule has 0 bridgehead atoms. The molecule has 2 aliphatic rings. The van der Waals surface area contributed by atoms with Gasteiger partial charge in [-0.15, -0.1) is 13.2 Å². The predicted octanol–water partition coefficient (Wildman–Crippen LogP) is 5.65. The highest BCUT2D eigenvalue weighted by atomic mass is 19.4. The van der Waals surface area contributed by atoms with Crippen LogP contribution in [0.2, 0.25) is 0 Å². The molecule has 4 aromatic rings. The van der Waals surface area contributed by atoms with Gasteiger partial charge in [0.2, 0.25) is 0 Å². The summed E-state index contributed by atoms with van der Waals surface area (Å²) in [5.41, 5.74) is 3.02. The Morgan fingerprint density at radius 1 is 0.974 bits per heavy atom. The van der Waals surface area contributed by atoms with Gasteiger partial charge in [-0.2, -0.15) is 0 Å². The summed E-state index contributed by atoms with van der Waals surface area (Å²) in [6, 6.07) is 13.6. The summed E-state index contributed by atoms with van der Waals surface area (Å²) < 4.78 is 59.7. The standard InChI is InChI=1S/C27H25F3N4O5/c28-27(29,30)37-22-4-2-1-3-20(22)23-21(24(38-32-23)16-5-6-16)15-36-19-11-13-34(14-12-19)18-9-7-17(8-10-18)25-31-26(35)39-33-25/h1-4,7-10,16,19H,5-6,11-15H2,(H,31,33,35). The average molecular weight is 543 g/mol. The molecule has 12 heteroatoms. The monoisotopic (exact) mass is 542 g/mol. The fraction of sp³-hybridized carbons (Fsp3) is 0.370. The Labute approximate surface area is 220 Å². The number of nitrogens with one attached hydrogen (secondary N) is 1. The fourth-order valence-electron chi connectivity index (χ4n) is 4.88. The Morgan fingerprint density at radius 3 is 2.38 bits per heavy atom. The van der Waals surface area contributed by atoms with E-state index < -0.39 is 12.1 Å². The molecule has 2 fully saturated rings. The zero-order valence-corrected chi connectivity index (χ0v) is 20.7. The van der Waals surface area contributed by atoms with Crippen molar-refractivity contribution in [2.45, 2.75) is 50.7 Å². The van der Waals surface area contributed by atoms with Crippen LogP contribution in [0, 0.1) is 0 Å². The van der Waals surface area contributed by atoms with Crippen molar-refractivity contribution in [1.82, 2.24) is 15.3 Å². The number of alkyl halides is 3. The number of aromatic nitrogens is 3. The number of H-pyrrole nitrogens is 1. The van der Waals surface area contributed by atoms with Crippen LogP contribution in [0.3, 0.4) is 0 Å². The van der Waals surface area contributed by atoms with Gasteiger partial charge in [-0.25, -0.2) is 4.79 Å². The molecular formula is C27H25F3N4O5. The lowest BCUT2D eigenvalue weighted by atomic mass is 10.0. The van der Waals surface area contributed by atoms with Crippen LogP contribution >= 0.6 is 0 Å². The molecule has 6 rings (SSSR count). The summed E-state index contributed by atoms with van der Waals surface area (Å²) in [6.45, 7) is 1.75. The Balaban J connectivity index is 1.12. The maximum absolute atomic E-state index is 13.0. The first kappa shape index (κ1) is 25.2. The third-order valence-electron chi connectivity index (χ3n) is 6.99. The van der Waals surface area contributed by atoms with E-state index in [0.717, 1.165) is 50.0 Å². The predicted molar refractivity (Wildman–Crippen MR) is 133 cm³/mol. The quantitative estimate of drug-likeness (QED) is 0.305. The number of piperidine rings is 1. The van der Waals surface area contributed by atoms with E-state index in [1.165, 1.54) is 12.1 Å². The van der Waals surface area contributed by atoms with E-state index in [1.807, 2.05) is 24.3 Å². The van der Waals surface area contributed by atoms with E-state index in [4.69, 9.17) is 9.26 Å². The SMILES string of the molecule is O=c1[nH]c(-c2ccc(N3CCC(OCc4c(-c5ccccc5OC(F)(F)F)noc4C4CC4)CC3)cc2)no1. The molecular weight excluding hydrogens is 517 g/mol. The lowest BCUT2D eigenvalue weighted by Gasteiger charge is -2.33. The van der Waals surface area contributed by atoms with Crippen molar-refractivity contribution < 1.29 is 31.7 Å². The molecule has 0 amide bonds. The number of para-hydroxylation sites is 1.